The molecule has 20 heavy (non-hydrogen) atoms. The summed E-state index contributed by atoms with van der Waals surface area (Å²) in [5.74, 6) is 0. The molecular weight excluding hydrogens is 315 g/mol. The van der Waals surface area contributed by atoms with Gasteiger partial charge in [-0.15, -0.1) is 46.3 Å². The van der Waals surface area contributed by atoms with Crippen molar-refractivity contribution in [3.05, 3.63) is 10.0 Å². The molecule has 0 unspecified atom stereocenters. The first-order chi connectivity index (χ1) is 8.76. The van der Waals surface area contributed by atoms with Gasteiger partial charge in [0, 0.05) is 6.54 Å². The van der Waals surface area contributed by atoms with Crippen molar-refractivity contribution < 1.29 is 0 Å². The molecule has 4 nitrogen and oxygen atoms in total. The van der Waals surface area contributed by atoms with Crippen molar-refractivity contribution in [2.24, 2.45) is 5.41 Å². The normalized spacial score (nSPS) is 22.1. The average molecular weight is 339 g/mol. The van der Waals surface area contributed by atoms with Crippen molar-refractivity contribution in [1.29, 1.82) is 0 Å². The summed E-state index contributed by atoms with van der Waals surface area (Å²) in [4.78, 5) is 2.59. The Bertz CT molecular complexity index is 401. The van der Waals surface area contributed by atoms with Crippen molar-refractivity contribution in [1.82, 2.24) is 20.4 Å². The number of hydrogen-bond acceptors (Lipinski definition) is 5. The second-order valence-corrected chi connectivity index (χ2v) is 7.05. The van der Waals surface area contributed by atoms with E-state index in [1.807, 2.05) is 6.92 Å². The molecule has 2 saturated heterocycles. The number of aromatic nitrogens is 2. The zero-order valence-electron chi connectivity index (χ0n) is 11.9. The van der Waals surface area contributed by atoms with Crippen molar-refractivity contribution in [2.75, 3.05) is 26.2 Å². The van der Waals surface area contributed by atoms with E-state index in [0.717, 1.165) is 11.6 Å². The van der Waals surface area contributed by atoms with Gasteiger partial charge in [-0.3, -0.25) is 4.90 Å². The maximum Gasteiger partial charge on any atom is 0.131 e. The molecule has 1 aromatic heterocycles. The fourth-order valence-electron chi connectivity index (χ4n) is 3.40. The van der Waals surface area contributed by atoms with Crippen LogP contribution in [0.4, 0.5) is 0 Å². The minimum Gasteiger partial charge on any atom is -0.317 e. The lowest BCUT2D eigenvalue weighted by Crippen LogP contribution is -2.48. The van der Waals surface area contributed by atoms with Gasteiger partial charge in [-0.2, -0.15) is 0 Å². The molecular formula is C13H24Cl2N4S. The lowest BCUT2D eigenvalue weighted by Gasteiger charge is -2.45. The summed E-state index contributed by atoms with van der Waals surface area (Å²) in [5.41, 5.74) is 0.587. The van der Waals surface area contributed by atoms with Gasteiger partial charge < -0.3 is 5.32 Å². The van der Waals surface area contributed by atoms with Crippen LogP contribution in [0.25, 0.3) is 0 Å². The number of aryl methyl sites for hydroxylation is 1. The first kappa shape index (κ1) is 18.1. The van der Waals surface area contributed by atoms with Gasteiger partial charge >= 0.3 is 0 Å². The van der Waals surface area contributed by atoms with Crippen LogP contribution in [0, 0.1) is 12.3 Å². The van der Waals surface area contributed by atoms with Crippen LogP contribution >= 0.6 is 36.2 Å². The number of likely N-dealkylation sites (tertiary alicyclic amines) is 1. The molecule has 2 aliphatic rings. The Balaban J connectivity index is 0.000001000. The van der Waals surface area contributed by atoms with Crippen molar-refractivity contribution in [3.63, 3.8) is 0 Å². The lowest BCUT2D eigenvalue weighted by atomic mass is 9.73. The smallest absolute Gasteiger partial charge is 0.131 e. The SMILES string of the molecule is Cc1nnc(CN2CCCC3(CCNCC3)C2)s1.Cl.Cl. The van der Waals surface area contributed by atoms with Gasteiger partial charge in [-0.25, -0.2) is 0 Å². The third kappa shape index (κ3) is 4.28. The Labute approximate surface area is 137 Å². The Morgan fingerprint density at radius 3 is 2.60 bits per heavy atom. The largest absolute Gasteiger partial charge is 0.317 e. The Morgan fingerprint density at radius 2 is 1.95 bits per heavy atom. The fraction of sp³-hybridized carbons (Fsp3) is 0.846. The zero-order chi connectivity index (χ0) is 12.4. The van der Waals surface area contributed by atoms with E-state index < -0.39 is 0 Å². The molecule has 1 spiro atoms. The summed E-state index contributed by atoms with van der Waals surface area (Å²) >= 11 is 1.74. The van der Waals surface area contributed by atoms with Gasteiger partial charge in [-0.05, 0) is 57.7 Å². The standard InChI is InChI=1S/C13H22N4S.2ClH/c1-11-15-16-12(18-11)9-17-8-2-3-13(10-17)4-6-14-7-5-13;;/h14H,2-10H2,1H3;2*1H. The maximum atomic E-state index is 4.26. The lowest BCUT2D eigenvalue weighted by molar-refractivity contribution is 0.0550. The molecule has 0 amide bonds. The van der Waals surface area contributed by atoms with Crippen molar-refractivity contribution in [2.45, 2.75) is 39.2 Å². The predicted molar refractivity (Wildman–Crippen MR) is 88.2 cm³/mol. The Hall–Kier alpha value is 0.0600. The van der Waals surface area contributed by atoms with Crippen LogP contribution in [-0.2, 0) is 6.54 Å². The van der Waals surface area contributed by atoms with Gasteiger partial charge in [0.1, 0.15) is 10.0 Å². The second-order valence-electron chi connectivity index (χ2n) is 5.78. The molecule has 0 bridgehead atoms. The number of hydrogen-bond donors (Lipinski definition) is 1. The third-order valence-electron chi connectivity index (χ3n) is 4.33. The van der Waals surface area contributed by atoms with Gasteiger partial charge in [0.05, 0.1) is 6.54 Å². The van der Waals surface area contributed by atoms with E-state index in [1.54, 1.807) is 11.3 Å². The zero-order valence-corrected chi connectivity index (χ0v) is 14.4. The fourth-order valence-corrected chi connectivity index (χ4v) is 4.15. The van der Waals surface area contributed by atoms with Crippen LogP contribution in [0.1, 0.15) is 35.7 Å². The summed E-state index contributed by atoms with van der Waals surface area (Å²) in [6.45, 7) is 7.92. The molecule has 0 saturated carbocycles. The highest BCUT2D eigenvalue weighted by Gasteiger charge is 2.36. The summed E-state index contributed by atoms with van der Waals surface area (Å²) < 4.78 is 0. The summed E-state index contributed by atoms with van der Waals surface area (Å²) in [6.07, 6.45) is 5.45. The number of halogens is 2. The molecule has 3 heterocycles. The quantitative estimate of drug-likeness (QED) is 0.899. The van der Waals surface area contributed by atoms with Crippen LogP contribution < -0.4 is 5.32 Å². The number of nitrogens with one attached hydrogen (secondary N) is 1. The van der Waals surface area contributed by atoms with Crippen LogP contribution in [0.15, 0.2) is 0 Å². The summed E-state index contributed by atoms with van der Waals surface area (Å²) in [6, 6.07) is 0. The highest BCUT2D eigenvalue weighted by Crippen LogP contribution is 2.38. The highest BCUT2D eigenvalue weighted by atomic mass is 35.5. The Kier molecular flexibility index (Phi) is 7.15. The molecule has 1 aromatic rings. The van der Waals surface area contributed by atoms with Gasteiger partial charge in [0.25, 0.3) is 0 Å². The van der Waals surface area contributed by atoms with E-state index in [-0.39, 0.29) is 24.8 Å². The van der Waals surface area contributed by atoms with Crippen molar-refractivity contribution in [3.8, 4) is 0 Å². The third-order valence-corrected chi connectivity index (χ3v) is 5.15. The molecule has 2 fully saturated rings. The van der Waals surface area contributed by atoms with E-state index in [0.29, 0.717) is 5.41 Å². The molecule has 2 aliphatic heterocycles. The monoisotopic (exact) mass is 338 g/mol. The summed E-state index contributed by atoms with van der Waals surface area (Å²) in [5, 5.41) is 14.1. The van der Waals surface area contributed by atoms with Crippen LogP contribution in [0.3, 0.4) is 0 Å². The minimum absolute atomic E-state index is 0. The summed E-state index contributed by atoms with van der Waals surface area (Å²) in [7, 11) is 0. The van der Waals surface area contributed by atoms with E-state index >= 15 is 0 Å². The topological polar surface area (TPSA) is 41.1 Å². The molecule has 0 atom stereocenters. The van der Waals surface area contributed by atoms with E-state index in [4.69, 9.17) is 0 Å². The highest BCUT2D eigenvalue weighted by molar-refractivity contribution is 7.11. The Morgan fingerprint density at radius 1 is 1.20 bits per heavy atom. The molecule has 7 heteroatoms. The first-order valence-electron chi connectivity index (χ1n) is 6.98. The maximum absolute atomic E-state index is 4.26. The first-order valence-corrected chi connectivity index (χ1v) is 7.80. The molecule has 0 aromatic carbocycles. The van der Waals surface area contributed by atoms with E-state index in [1.165, 1.54) is 56.9 Å². The van der Waals surface area contributed by atoms with Crippen LogP contribution in [-0.4, -0.2) is 41.3 Å². The van der Waals surface area contributed by atoms with E-state index in [9.17, 15) is 0 Å². The van der Waals surface area contributed by atoms with Crippen LogP contribution in [0.2, 0.25) is 0 Å². The van der Waals surface area contributed by atoms with E-state index in [2.05, 4.69) is 20.4 Å². The average Bonchev–Trinajstić information content (AvgIpc) is 2.76. The van der Waals surface area contributed by atoms with Gasteiger partial charge in [0.15, 0.2) is 0 Å². The molecule has 1 N–H and O–H groups in total. The predicted octanol–water partition coefficient (Wildman–Crippen LogP) is 2.66. The number of rotatable bonds is 2. The molecule has 0 radical (unpaired) electrons. The van der Waals surface area contributed by atoms with Crippen molar-refractivity contribution >= 4 is 36.2 Å². The number of piperidine rings is 2. The van der Waals surface area contributed by atoms with Gasteiger partial charge in [-0.1, -0.05) is 0 Å². The van der Waals surface area contributed by atoms with Crippen LogP contribution in [0.5, 0.6) is 0 Å². The van der Waals surface area contributed by atoms with Gasteiger partial charge in [0.2, 0.25) is 0 Å². The minimum atomic E-state index is 0. The second kappa shape index (κ2) is 7.90. The molecule has 3 rings (SSSR count). The molecule has 0 aliphatic carbocycles. The number of nitrogens with zero attached hydrogens (tertiary/aromatic N) is 3. The molecule has 116 valence electrons.